The summed E-state index contributed by atoms with van der Waals surface area (Å²) < 4.78 is 2.03. The van der Waals surface area contributed by atoms with E-state index >= 15 is 0 Å². The predicted molar refractivity (Wildman–Crippen MR) is 76.0 cm³/mol. The number of fused-ring (bicyclic) bond motifs is 1. The molecule has 0 aliphatic heterocycles. The van der Waals surface area contributed by atoms with Crippen LogP contribution in [0.2, 0.25) is 0 Å². The predicted octanol–water partition coefficient (Wildman–Crippen LogP) is 2.79. The molecule has 0 radical (unpaired) electrons. The summed E-state index contributed by atoms with van der Waals surface area (Å²) in [7, 11) is 0. The molecule has 5 heteroatoms. The van der Waals surface area contributed by atoms with Gasteiger partial charge in [-0.1, -0.05) is 24.3 Å². The molecule has 1 aromatic carbocycles. The van der Waals surface area contributed by atoms with Gasteiger partial charge in [-0.3, -0.25) is 14.5 Å². The van der Waals surface area contributed by atoms with Gasteiger partial charge in [0.1, 0.15) is 0 Å². The molecular weight excluding hydrogens is 250 g/mol. The molecule has 0 aliphatic carbocycles. The molecule has 3 heterocycles. The lowest BCUT2D eigenvalue weighted by Gasteiger charge is -2.03. The summed E-state index contributed by atoms with van der Waals surface area (Å²) in [6.07, 6.45) is 11.0. The van der Waals surface area contributed by atoms with E-state index in [0.29, 0.717) is 0 Å². The molecule has 0 atom stereocenters. The Morgan fingerprint density at radius 1 is 0.900 bits per heavy atom. The van der Waals surface area contributed by atoms with E-state index in [4.69, 9.17) is 0 Å². The van der Waals surface area contributed by atoms with E-state index in [1.807, 2.05) is 29.2 Å². The van der Waals surface area contributed by atoms with Gasteiger partial charge in [-0.15, -0.1) is 0 Å². The van der Waals surface area contributed by atoms with Gasteiger partial charge in [-0.25, -0.2) is 4.98 Å². The van der Waals surface area contributed by atoms with E-state index in [-0.39, 0.29) is 0 Å². The van der Waals surface area contributed by atoms with Gasteiger partial charge in [0.2, 0.25) is 0 Å². The second-order valence-corrected chi connectivity index (χ2v) is 4.51. The maximum absolute atomic E-state index is 4.35. The Morgan fingerprint density at radius 2 is 1.75 bits per heavy atom. The zero-order chi connectivity index (χ0) is 13.4. The highest BCUT2D eigenvalue weighted by atomic mass is 15.1. The molecular formula is C15H11N5. The Hall–Kier alpha value is -2.95. The molecule has 0 spiro atoms. The minimum absolute atomic E-state index is 0.849. The van der Waals surface area contributed by atoms with Crippen LogP contribution in [-0.4, -0.2) is 24.6 Å². The van der Waals surface area contributed by atoms with E-state index in [1.54, 1.807) is 12.4 Å². The first-order chi connectivity index (χ1) is 9.92. The molecule has 1 N–H and O–H groups in total. The van der Waals surface area contributed by atoms with Crippen LogP contribution in [-0.2, 0) is 0 Å². The van der Waals surface area contributed by atoms with Crippen molar-refractivity contribution in [1.29, 1.82) is 0 Å². The molecule has 0 amide bonds. The summed E-state index contributed by atoms with van der Waals surface area (Å²) in [5.74, 6) is 0. The maximum atomic E-state index is 4.35. The third kappa shape index (κ3) is 1.68. The number of hydrogen-bond donors (Lipinski definition) is 1. The van der Waals surface area contributed by atoms with Gasteiger partial charge in [0.15, 0.2) is 5.65 Å². The van der Waals surface area contributed by atoms with Crippen molar-refractivity contribution in [2.75, 3.05) is 0 Å². The summed E-state index contributed by atoms with van der Waals surface area (Å²) in [5.41, 5.74) is 5.25. The first-order valence-corrected chi connectivity index (χ1v) is 6.28. The highest BCUT2D eigenvalue weighted by Gasteiger charge is 2.06. The van der Waals surface area contributed by atoms with Crippen LogP contribution in [0.25, 0.3) is 28.0 Å². The van der Waals surface area contributed by atoms with Crippen molar-refractivity contribution in [3.05, 3.63) is 61.4 Å². The number of rotatable bonds is 2. The number of H-pyrrole nitrogens is 1. The summed E-state index contributed by atoms with van der Waals surface area (Å²) in [6.45, 7) is 0. The average molecular weight is 261 g/mol. The molecule has 0 fully saturated rings. The number of benzene rings is 1. The molecule has 0 saturated heterocycles. The van der Waals surface area contributed by atoms with Crippen LogP contribution in [0.5, 0.6) is 0 Å². The fourth-order valence-corrected chi connectivity index (χ4v) is 2.30. The smallest absolute Gasteiger partial charge is 0.155 e. The summed E-state index contributed by atoms with van der Waals surface area (Å²) >= 11 is 0. The Balaban J connectivity index is 1.79. The second-order valence-electron chi connectivity index (χ2n) is 4.51. The number of hydrogen-bond acceptors (Lipinski definition) is 3. The van der Waals surface area contributed by atoms with Crippen molar-refractivity contribution in [2.45, 2.75) is 0 Å². The van der Waals surface area contributed by atoms with Crippen LogP contribution >= 0.6 is 0 Å². The Kier molecular flexibility index (Phi) is 2.35. The fraction of sp³-hybridized carbons (Fsp3) is 0. The monoisotopic (exact) mass is 261 g/mol. The number of imidazole rings is 1. The topological polar surface area (TPSA) is 58.9 Å². The molecule has 0 unspecified atom stereocenters. The van der Waals surface area contributed by atoms with Gasteiger partial charge in [0.05, 0.1) is 24.3 Å². The normalized spacial score (nSPS) is 11.0. The lowest BCUT2D eigenvalue weighted by atomic mass is 10.1. The Labute approximate surface area is 115 Å². The van der Waals surface area contributed by atoms with Gasteiger partial charge in [0.25, 0.3) is 0 Å². The highest BCUT2D eigenvalue weighted by molar-refractivity contribution is 5.69. The molecule has 20 heavy (non-hydrogen) atoms. The third-order valence-electron chi connectivity index (χ3n) is 3.33. The van der Waals surface area contributed by atoms with Crippen LogP contribution in [0.4, 0.5) is 0 Å². The van der Waals surface area contributed by atoms with E-state index in [1.165, 1.54) is 0 Å². The van der Waals surface area contributed by atoms with Crippen molar-refractivity contribution < 1.29 is 0 Å². The molecule has 4 aromatic rings. The van der Waals surface area contributed by atoms with Crippen LogP contribution in [0.15, 0.2) is 61.4 Å². The molecule has 0 aliphatic rings. The van der Waals surface area contributed by atoms with Crippen molar-refractivity contribution in [2.24, 2.45) is 0 Å². The van der Waals surface area contributed by atoms with E-state index in [2.05, 4.69) is 44.4 Å². The maximum Gasteiger partial charge on any atom is 0.155 e. The second kappa shape index (κ2) is 4.31. The highest BCUT2D eigenvalue weighted by Crippen LogP contribution is 2.24. The minimum atomic E-state index is 0.849. The molecule has 96 valence electrons. The van der Waals surface area contributed by atoms with Crippen LogP contribution in [0, 0.1) is 0 Å². The number of nitrogens with zero attached hydrogens (tertiary/aromatic N) is 4. The third-order valence-corrected chi connectivity index (χ3v) is 3.33. The average Bonchev–Trinajstić information content (AvgIpc) is 3.17. The Morgan fingerprint density at radius 3 is 2.55 bits per heavy atom. The number of nitrogens with one attached hydrogen (secondary N) is 1. The van der Waals surface area contributed by atoms with Crippen LogP contribution < -0.4 is 0 Å². The summed E-state index contributed by atoms with van der Waals surface area (Å²) in [5, 5.41) is 6.79. The molecule has 0 saturated carbocycles. The molecule has 3 aromatic heterocycles. The fourth-order valence-electron chi connectivity index (χ4n) is 2.30. The zero-order valence-electron chi connectivity index (χ0n) is 10.6. The molecule has 4 rings (SSSR count). The summed E-state index contributed by atoms with van der Waals surface area (Å²) in [4.78, 5) is 8.43. The standard InChI is InChI=1S/C15H11N5/c1-3-12(4-2-11(1)13-7-18-19-8-13)14-9-17-15-10-16-5-6-20(14)15/h1-10H,(H,18,19). The lowest BCUT2D eigenvalue weighted by molar-refractivity contribution is 1.09. The van der Waals surface area contributed by atoms with E-state index in [0.717, 1.165) is 28.0 Å². The van der Waals surface area contributed by atoms with E-state index in [9.17, 15) is 0 Å². The van der Waals surface area contributed by atoms with Crippen molar-refractivity contribution in [3.63, 3.8) is 0 Å². The zero-order valence-corrected chi connectivity index (χ0v) is 10.6. The van der Waals surface area contributed by atoms with Crippen molar-refractivity contribution in [1.82, 2.24) is 24.6 Å². The number of aromatic amines is 1. The molecule has 0 bridgehead atoms. The minimum Gasteiger partial charge on any atom is -0.297 e. The SMILES string of the molecule is c1cn2c(-c3ccc(-c4cn[nH]c4)cc3)cnc2cn1. The summed E-state index contributed by atoms with van der Waals surface area (Å²) in [6, 6.07) is 8.35. The quantitative estimate of drug-likeness (QED) is 0.603. The molecule has 5 nitrogen and oxygen atoms in total. The van der Waals surface area contributed by atoms with Crippen LogP contribution in [0.3, 0.4) is 0 Å². The number of aromatic nitrogens is 5. The first-order valence-electron chi connectivity index (χ1n) is 6.28. The van der Waals surface area contributed by atoms with E-state index < -0.39 is 0 Å². The van der Waals surface area contributed by atoms with Gasteiger partial charge < -0.3 is 0 Å². The van der Waals surface area contributed by atoms with Gasteiger partial charge >= 0.3 is 0 Å². The van der Waals surface area contributed by atoms with Crippen molar-refractivity contribution >= 4 is 5.65 Å². The van der Waals surface area contributed by atoms with Crippen LogP contribution in [0.1, 0.15) is 0 Å². The van der Waals surface area contributed by atoms with Gasteiger partial charge in [0, 0.05) is 29.7 Å². The van der Waals surface area contributed by atoms with Gasteiger partial charge in [-0.2, -0.15) is 5.10 Å². The first kappa shape index (κ1) is 10.9. The Bertz CT molecular complexity index is 844. The largest absolute Gasteiger partial charge is 0.297 e. The van der Waals surface area contributed by atoms with Gasteiger partial charge in [-0.05, 0) is 5.56 Å². The van der Waals surface area contributed by atoms with Crippen molar-refractivity contribution in [3.8, 4) is 22.4 Å². The lowest BCUT2D eigenvalue weighted by Crippen LogP contribution is -1.88.